The second-order valence-electron chi connectivity index (χ2n) is 7.81. The van der Waals surface area contributed by atoms with Gasteiger partial charge < -0.3 is 5.11 Å². The molecule has 1 aliphatic carbocycles. The summed E-state index contributed by atoms with van der Waals surface area (Å²) in [6.45, 7) is 6.67. The Labute approximate surface area is 186 Å². The van der Waals surface area contributed by atoms with Crippen LogP contribution in [0, 0.1) is 51.0 Å². The minimum atomic E-state index is -0.337. The van der Waals surface area contributed by atoms with Crippen molar-refractivity contribution in [3.63, 3.8) is 0 Å². The monoisotopic (exact) mass is 543 g/mol. The first-order valence-corrected chi connectivity index (χ1v) is 8.77. The summed E-state index contributed by atoms with van der Waals surface area (Å²) in [4.78, 5) is 0. The van der Waals surface area contributed by atoms with Crippen molar-refractivity contribution >= 4 is 10.8 Å². The summed E-state index contributed by atoms with van der Waals surface area (Å²) in [5.74, 6) is 0. The van der Waals surface area contributed by atoms with Gasteiger partial charge in [-0.3, -0.25) is 0 Å². The molecule has 0 fully saturated rings. The Morgan fingerprint density at radius 2 is 1.52 bits per heavy atom. The number of hydrogen-bond acceptors (Lipinski definition) is 1. The van der Waals surface area contributed by atoms with E-state index in [2.05, 4.69) is 75.4 Å². The number of hydrogen-bond donors (Lipinski definition) is 1. The van der Waals surface area contributed by atoms with E-state index in [-0.39, 0.29) is 55.6 Å². The molecule has 125 valence electrons. The van der Waals surface area contributed by atoms with Crippen LogP contribution in [0.3, 0.4) is 0 Å². The van der Waals surface area contributed by atoms with Gasteiger partial charge in [0, 0.05) is 44.1 Å². The van der Waals surface area contributed by atoms with E-state index in [0.29, 0.717) is 0 Å². The van der Waals surface area contributed by atoms with Crippen LogP contribution in [-0.4, -0.2) is 5.11 Å². The van der Waals surface area contributed by atoms with Crippen LogP contribution in [0.25, 0.3) is 21.9 Å². The summed E-state index contributed by atoms with van der Waals surface area (Å²) in [6.07, 6.45) is 1.55. The molecule has 3 aromatic rings. The molecule has 1 atom stereocenters. The maximum atomic E-state index is 10.5. The van der Waals surface area contributed by atoms with Gasteiger partial charge in [-0.25, -0.2) is 0 Å². The van der Waals surface area contributed by atoms with Crippen LogP contribution < -0.4 is 0 Å². The van der Waals surface area contributed by atoms with Gasteiger partial charge in [0.15, 0.2) is 0 Å². The van der Waals surface area contributed by atoms with E-state index in [1.54, 1.807) is 0 Å². The maximum absolute atomic E-state index is 10.5. The number of benzene rings is 3. The Bertz CT molecular complexity index is 927. The summed E-state index contributed by atoms with van der Waals surface area (Å²) in [5, 5.41) is 13.0. The summed E-state index contributed by atoms with van der Waals surface area (Å²) >= 11 is 0. The van der Waals surface area contributed by atoms with Crippen molar-refractivity contribution in [1.29, 1.82) is 0 Å². The molecule has 0 spiro atoms. The van der Waals surface area contributed by atoms with Crippen LogP contribution in [0.1, 0.15) is 49.5 Å². The fraction of sp³-hybridized carbons (Fsp3) is 0.304. The second-order valence-corrected chi connectivity index (χ2v) is 7.81. The first-order valence-electron chi connectivity index (χ1n) is 8.77. The van der Waals surface area contributed by atoms with Gasteiger partial charge in [0.1, 0.15) is 0 Å². The van der Waals surface area contributed by atoms with Gasteiger partial charge in [-0.1, -0.05) is 61.9 Å². The molecule has 0 aliphatic heterocycles. The molecular weight excluding hydrogens is 519 g/mol. The number of aryl methyl sites for hydroxylation is 1. The molecule has 1 unspecified atom stereocenters. The standard InChI is InChI=1S/C23H24O.Ac/c1-15-4-5-17-13-18(7-6-16(17)12-15)19-8-9-21-20(14-19)22(24)10-11-23(21,2)3;/h4-9,12-14,22,24H,10-11H2,1-3H3;. The molecule has 0 heterocycles. The van der Waals surface area contributed by atoms with E-state index < -0.39 is 0 Å². The van der Waals surface area contributed by atoms with Gasteiger partial charge in [0.2, 0.25) is 0 Å². The van der Waals surface area contributed by atoms with Crippen molar-refractivity contribution in [2.45, 2.75) is 45.1 Å². The van der Waals surface area contributed by atoms with Gasteiger partial charge in [0.25, 0.3) is 0 Å². The first-order chi connectivity index (χ1) is 11.4. The number of aliphatic hydroxyl groups is 1. The normalized spacial score (nSPS) is 18.5. The predicted octanol–water partition coefficient (Wildman–Crippen LogP) is 5.92. The van der Waals surface area contributed by atoms with Gasteiger partial charge >= 0.3 is 0 Å². The van der Waals surface area contributed by atoms with E-state index in [0.717, 1.165) is 18.4 Å². The first kappa shape index (κ1) is 19.1. The number of aliphatic hydroxyl groups excluding tert-OH is 1. The quantitative estimate of drug-likeness (QED) is 0.404. The Morgan fingerprint density at radius 3 is 2.32 bits per heavy atom. The van der Waals surface area contributed by atoms with Gasteiger partial charge in [0.05, 0.1) is 6.10 Å². The van der Waals surface area contributed by atoms with E-state index in [1.807, 2.05) is 0 Å². The summed E-state index contributed by atoms with van der Waals surface area (Å²) < 4.78 is 0. The Kier molecular flexibility index (Phi) is 5.46. The van der Waals surface area contributed by atoms with Crippen LogP contribution in [0.5, 0.6) is 0 Å². The SMILES string of the molecule is Cc1ccc2cc(-c3ccc4c(c3)C(O)CCC4(C)C)ccc2c1.[Ac]. The molecule has 0 saturated carbocycles. The molecule has 0 saturated heterocycles. The average molecular weight is 543 g/mol. The van der Waals surface area contributed by atoms with E-state index >= 15 is 0 Å². The maximum Gasteiger partial charge on any atom is 0.0793 e. The van der Waals surface area contributed by atoms with Crippen LogP contribution in [0.2, 0.25) is 0 Å². The topological polar surface area (TPSA) is 20.2 Å². The third kappa shape index (κ3) is 3.59. The molecule has 1 N–H and O–H groups in total. The number of fused-ring (bicyclic) bond motifs is 2. The van der Waals surface area contributed by atoms with Crippen molar-refractivity contribution in [3.05, 3.63) is 71.3 Å². The van der Waals surface area contributed by atoms with Crippen LogP contribution in [0.4, 0.5) is 0 Å². The number of rotatable bonds is 1. The largest absolute Gasteiger partial charge is 0.388 e. The minimum absolute atomic E-state index is 0. The summed E-state index contributed by atoms with van der Waals surface area (Å²) in [7, 11) is 0. The zero-order valence-corrected chi connectivity index (χ0v) is 20.0. The minimum Gasteiger partial charge on any atom is -0.388 e. The van der Waals surface area contributed by atoms with Crippen molar-refractivity contribution in [1.82, 2.24) is 0 Å². The third-order valence-electron chi connectivity index (χ3n) is 5.51. The fourth-order valence-electron chi connectivity index (χ4n) is 3.97. The molecule has 1 radical (unpaired) electrons. The molecule has 1 nitrogen and oxygen atoms in total. The van der Waals surface area contributed by atoms with Crippen molar-refractivity contribution < 1.29 is 49.2 Å². The smallest absolute Gasteiger partial charge is 0.0793 e. The Hall–Kier alpha value is -0.678. The zero-order chi connectivity index (χ0) is 16.9. The van der Waals surface area contributed by atoms with Gasteiger partial charge in [-0.05, 0) is 70.3 Å². The van der Waals surface area contributed by atoms with E-state index in [1.165, 1.54) is 33.0 Å². The summed E-state index contributed by atoms with van der Waals surface area (Å²) in [5.41, 5.74) is 6.23. The second kappa shape index (κ2) is 7.15. The predicted molar refractivity (Wildman–Crippen MR) is 101 cm³/mol. The molecule has 1 aliphatic rings. The van der Waals surface area contributed by atoms with Crippen molar-refractivity contribution in [3.8, 4) is 11.1 Å². The Morgan fingerprint density at radius 1 is 0.880 bits per heavy atom. The molecule has 3 aromatic carbocycles. The van der Waals surface area contributed by atoms with Gasteiger partial charge in [-0.15, -0.1) is 0 Å². The van der Waals surface area contributed by atoms with Crippen molar-refractivity contribution in [2.24, 2.45) is 0 Å². The van der Waals surface area contributed by atoms with E-state index in [4.69, 9.17) is 0 Å². The van der Waals surface area contributed by atoms with Crippen molar-refractivity contribution in [2.75, 3.05) is 0 Å². The summed E-state index contributed by atoms with van der Waals surface area (Å²) in [6, 6.07) is 19.8. The van der Waals surface area contributed by atoms with Gasteiger partial charge in [-0.2, -0.15) is 0 Å². The molecule has 0 aromatic heterocycles. The fourth-order valence-corrected chi connectivity index (χ4v) is 3.97. The zero-order valence-electron chi connectivity index (χ0n) is 15.2. The third-order valence-corrected chi connectivity index (χ3v) is 5.51. The Balaban J connectivity index is 0.00000182. The average Bonchev–Trinajstić information content (AvgIpc) is 2.58. The molecule has 4 rings (SSSR count). The molecule has 0 amide bonds. The van der Waals surface area contributed by atoms with Crippen LogP contribution >= 0.6 is 0 Å². The van der Waals surface area contributed by atoms with E-state index in [9.17, 15) is 5.11 Å². The molecule has 0 bridgehead atoms. The van der Waals surface area contributed by atoms with Crippen LogP contribution in [-0.2, 0) is 5.41 Å². The molecule has 2 heteroatoms. The molecular formula is C23H24AcO. The van der Waals surface area contributed by atoms with Crippen LogP contribution in [0.15, 0.2) is 54.6 Å². The molecule has 25 heavy (non-hydrogen) atoms.